The standard InChI is InChI=1S/C16H22F3N3O3/c1-3-22(9-5-8-20-15(24)16(17,18)19)11-14(23)21-12-6-4-7-13(10-12)25-2/h4,6-7,10H,3,5,8-9,11H2,1-2H3,(H,20,24)(H,21,23). The van der Waals surface area contributed by atoms with E-state index in [2.05, 4.69) is 5.32 Å². The molecule has 0 aliphatic rings. The van der Waals surface area contributed by atoms with Gasteiger partial charge in [0.1, 0.15) is 5.75 Å². The maximum atomic E-state index is 12.0. The number of alkyl halides is 3. The highest BCUT2D eigenvalue weighted by Gasteiger charge is 2.38. The average molecular weight is 361 g/mol. The minimum absolute atomic E-state index is 0.0981. The van der Waals surface area contributed by atoms with Gasteiger partial charge in [-0.1, -0.05) is 13.0 Å². The first-order valence-electron chi connectivity index (χ1n) is 7.77. The second-order valence-corrected chi connectivity index (χ2v) is 5.26. The number of benzene rings is 1. The monoisotopic (exact) mass is 361 g/mol. The number of nitrogens with one attached hydrogen (secondary N) is 2. The molecule has 0 aliphatic carbocycles. The highest BCUT2D eigenvalue weighted by Crippen LogP contribution is 2.16. The van der Waals surface area contributed by atoms with E-state index in [0.717, 1.165) is 0 Å². The summed E-state index contributed by atoms with van der Waals surface area (Å²) in [6.45, 7) is 2.78. The number of methoxy groups -OCH3 is 1. The first-order chi connectivity index (χ1) is 11.8. The second kappa shape index (κ2) is 9.87. The largest absolute Gasteiger partial charge is 0.497 e. The summed E-state index contributed by atoms with van der Waals surface area (Å²) in [5, 5.41) is 4.53. The van der Waals surface area contributed by atoms with Crippen LogP contribution in [0.1, 0.15) is 13.3 Å². The van der Waals surface area contributed by atoms with Crippen molar-refractivity contribution >= 4 is 17.5 Å². The third kappa shape index (κ3) is 7.88. The quantitative estimate of drug-likeness (QED) is 0.661. The lowest BCUT2D eigenvalue weighted by Crippen LogP contribution is -2.39. The Balaban J connectivity index is 2.37. The summed E-state index contributed by atoms with van der Waals surface area (Å²) in [6, 6.07) is 6.91. The van der Waals surface area contributed by atoms with Crippen LogP contribution in [0.2, 0.25) is 0 Å². The topological polar surface area (TPSA) is 70.7 Å². The fourth-order valence-corrected chi connectivity index (χ4v) is 2.06. The molecule has 0 saturated heterocycles. The van der Waals surface area contributed by atoms with Gasteiger partial charge >= 0.3 is 12.1 Å². The van der Waals surface area contributed by atoms with Crippen molar-refractivity contribution < 1.29 is 27.5 Å². The molecular weight excluding hydrogens is 339 g/mol. The van der Waals surface area contributed by atoms with Crippen LogP contribution in [-0.2, 0) is 9.59 Å². The predicted octanol–water partition coefficient (Wildman–Crippen LogP) is 2.02. The number of nitrogens with zero attached hydrogens (tertiary/aromatic N) is 1. The summed E-state index contributed by atoms with van der Waals surface area (Å²) in [4.78, 5) is 24.5. The van der Waals surface area contributed by atoms with Gasteiger partial charge in [0.05, 0.1) is 13.7 Å². The molecule has 0 heterocycles. The zero-order valence-electron chi connectivity index (χ0n) is 14.2. The summed E-state index contributed by atoms with van der Waals surface area (Å²) in [7, 11) is 1.53. The number of carbonyl (C=O) groups is 2. The highest BCUT2D eigenvalue weighted by atomic mass is 19.4. The van der Waals surface area contributed by atoms with Crippen LogP contribution in [0.3, 0.4) is 0 Å². The molecule has 0 bridgehead atoms. The molecule has 1 aromatic rings. The molecule has 6 nitrogen and oxygen atoms in total. The summed E-state index contributed by atoms with van der Waals surface area (Å²) >= 11 is 0. The maximum absolute atomic E-state index is 12.0. The average Bonchev–Trinajstić information content (AvgIpc) is 2.56. The Morgan fingerprint density at radius 1 is 1.28 bits per heavy atom. The van der Waals surface area contributed by atoms with Crippen molar-refractivity contribution in [1.82, 2.24) is 10.2 Å². The van der Waals surface area contributed by atoms with Crippen LogP contribution in [0.4, 0.5) is 18.9 Å². The van der Waals surface area contributed by atoms with Gasteiger partial charge in [-0.15, -0.1) is 0 Å². The Morgan fingerprint density at radius 2 is 2.00 bits per heavy atom. The van der Waals surface area contributed by atoms with Gasteiger partial charge in [0.15, 0.2) is 0 Å². The Hall–Kier alpha value is -2.29. The van der Waals surface area contributed by atoms with Gasteiger partial charge in [-0.3, -0.25) is 14.5 Å². The van der Waals surface area contributed by atoms with Crippen molar-refractivity contribution in [3.8, 4) is 5.75 Å². The van der Waals surface area contributed by atoms with E-state index >= 15 is 0 Å². The van der Waals surface area contributed by atoms with Crippen molar-refractivity contribution in [1.29, 1.82) is 0 Å². The fraction of sp³-hybridized carbons (Fsp3) is 0.500. The van der Waals surface area contributed by atoms with E-state index in [-0.39, 0.29) is 19.0 Å². The molecule has 1 aromatic carbocycles. The zero-order chi connectivity index (χ0) is 18.9. The van der Waals surface area contributed by atoms with Gasteiger partial charge in [-0.05, 0) is 25.1 Å². The number of likely N-dealkylation sites (N-methyl/N-ethyl adjacent to an activating group) is 1. The van der Waals surface area contributed by atoms with Crippen molar-refractivity contribution in [3.63, 3.8) is 0 Å². The summed E-state index contributed by atoms with van der Waals surface area (Å²) in [5.74, 6) is -1.58. The lowest BCUT2D eigenvalue weighted by molar-refractivity contribution is -0.173. The van der Waals surface area contributed by atoms with E-state index in [9.17, 15) is 22.8 Å². The minimum atomic E-state index is -4.87. The Labute approximate surface area is 144 Å². The molecule has 0 radical (unpaired) electrons. The SMILES string of the molecule is CCN(CCCNC(=O)C(F)(F)F)CC(=O)Nc1cccc(OC)c1. The third-order valence-corrected chi connectivity index (χ3v) is 3.36. The maximum Gasteiger partial charge on any atom is 0.471 e. The molecular formula is C16H22F3N3O3. The van der Waals surface area contributed by atoms with Crippen LogP contribution in [0.15, 0.2) is 24.3 Å². The molecule has 0 atom stereocenters. The van der Waals surface area contributed by atoms with E-state index in [1.165, 1.54) is 7.11 Å². The number of halogens is 3. The van der Waals surface area contributed by atoms with Crippen LogP contribution in [0, 0.1) is 0 Å². The van der Waals surface area contributed by atoms with Crippen molar-refractivity contribution in [2.24, 2.45) is 0 Å². The molecule has 0 aliphatic heterocycles. The Bertz CT molecular complexity index is 579. The van der Waals surface area contributed by atoms with Crippen molar-refractivity contribution in [2.75, 3.05) is 38.6 Å². The predicted molar refractivity (Wildman–Crippen MR) is 87.4 cm³/mol. The van der Waals surface area contributed by atoms with Crippen molar-refractivity contribution in [3.05, 3.63) is 24.3 Å². The number of anilines is 1. The zero-order valence-corrected chi connectivity index (χ0v) is 14.2. The van der Waals surface area contributed by atoms with E-state index in [1.54, 1.807) is 34.5 Å². The number of carbonyl (C=O) groups excluding carboxylic acids is 2. The molecule has 0 aromatic heterocycles. The van der Waals surface area contributed by atoms with E-state index in [1.807, 2.05) is 6.92 Å². The summed E-state index contributed by atoms with van der Waals surface area (Å²) in [6.07, 6.45) is -4.57. The van der Waals surface area contributed by atoms with Crippen LogP contribution in [0.5, 0.6) is 5.75 Å². The molecule has 0 unspecified atom stereocenters. The lowest BCUT2D eigenvalue weighted by atomic mass is 10.3. The molecule has 0 fully saturated rings. The van der Waals surface area contributed by atoms with Crippen molar-refractivity contribution in [2.45, 2.75) is 19.5 Å². The van der Waals surface area contributed by atoms with Crippen LogP contribution < -0.4 is 15.4 Å². The smallest absolute Gasteiger partial charge is 0.471 e. The molecule has 2 N–H and O–H groups in total. The minimum Gasteiger partial charge on any atom is -0.497 e. The Kier molecular flexibility index (Phi) is 8.20. The van der Waals surface area contributed by atoms with Gasteiger partial charge in [0, 0.05) is 24.8 Å². The number of amides is 2. The van der Waals surface area contributed by atoms with Crippen LogP contribution in [0.25, 0.3) is 0 Å². The lowest BCUT2D eigenvalue weighted by Gasteiger charge is -2.20. The highest BCUT2D eigenvalue weighted by molar-refractivity contribution is 5.92. The van der Waals surface area contributed by atoms with Gasteiger partial charge in [0.2, 0.25) is 5.91 Å². The van der Waals surface area contributed by atoms with E-state index < -0.39 is 12.1 Å². The number of ether oxygens (including phenoxy) is 1. The molecule has 9 heteroatoms. The first kappa shape index (κ1) is 20.8. The van der Waals surface area contributed by atoms with Gasteiger partial charge < -0.3 is 15.4 Å². The molecule has 25 heavy (non-hydrogen) atoms. The molecule has 2 amide bonds. The van der Waals surface area contributed by atoms with Gasteiger partial charge in [-0.25, -0.2) is 0 Å². The van der Waals surface area contributed by atoms with Gasteiger partial charge in [-0.2, -0.15) is 13.2 Å². The molecule has 0 spiro atoms. The number of hydrogen-bond donors (Lipinski definition) is 2. The molecule has 140 valence electrons. The Morgan fingerprint density at radius 3 is 2.60 bits per heavy atom. The van der Waals surface area contributed by atoms with Crippen LogP contribution >= 0.6 is 0 Å². The normalized spacial score (nSPS) is 11.3. The third-order valence-electron chi connectivity index (χ3n) is 3.36. The summed E-state index contributed by atoms with van der Waals surface area (Å²) in [5.41, 5.74) is 0.595. The number of hydrogen-bond acceptors (Lipinski definition) is 4. The molecule has 0 saturated carbocycles. The first-order valence-corrected chi connectivity index (χ1v) is 7.77. The van der Waals surface area contributed by atoms with E-state index in [0.29, 0.717) is 30.9 Å². The fourth-order valence-electron chi connectivity index (χ4n) is 2.06. The second-order valence-electron chi connectivity index (χ2n) is 5.26. The number of rotatable bonds is 9. The summed E-state index contributed by atoms with van der Waals surface area (Å²) < 4.78 is 41.2. The van der Waals surface area contributed by atoms with Gasteiger partial charge in [0.25, 0.3) is 0 Å². The molecule has 1 rings (SSSR count). The van der Waals surface area contributed by atoms with Crippen LogP contribution in [-0.4, -0.2) is 56.2 Å². The van der Waals surface area contributed by atoms with E-state index in [4.69, 9.17) is 4.74 Å².